The van der Waals surface area contributed by atoms with Crippen LogP contribution >= 0.6 is 0 Å². The van der Waals surface area contributed by atoms with Crippen LogP contribution in [0.5, 0.6) is 5.75 Å². The largest absolute Gasteiger partial charge is 0.492 e. The lowest BCUT2D eigenvalue weighted by Gasteiger charge is -2.34. The van der Waals surface area contributed by atoms with E-state index in [9.17, 15) is 9.59 Å². The molecule has 1 aliphatic heterocycles. The zero-order valence-corrected chi connectivity index (χ0v) is 15.6. The Bertz CT molecular complexity index is 797. The summed E-state index contributed by atoms with van der Waals surface area (Å²) in [7, 11) is 0. The Labute approximate surface area is 158 Å². The fourth-order valence-electron chi connectivity index (χ4n) is 2.88. The number of benzene rings is 1. The molecule has 3 amide bonds. The maximum absolute atomic E-state index is 12.3. The number of aryl methyl sites for hydroxylation is 2. The summed E-state index contributed by atoms with van der Waals surface area (Å²) >= 11 is 0. The summed E-state index contributed by atoms with van der Waals surface area (Å²) in [6.07, 6.45) is 0. The molecule has 1 aromatic heterocycles. The Morgan fingerprint density at radius 1 is 1.15 bits per heavy atom. The Hall–Kier alpha value is -3.03. The van der Waals surface area contributed by atoms with Crippen LogP contribution in [0.4, 0.5) is 4.79 Å². The van der Waals surface area contributed by atoms with Crippen molar-refractivity contribution in [1.82, 2.24) is 20.3 Å². The van der Waals surface area contributed by atoms with Gasteiger partial charge in [0.25, 0.3) is 5.91 Å². The summed E-state index contributed by atoms with van der Waals surface area (Å²) in [5.41, 5.74) is 1.80. The van der Waals surface area contributed by atoms with Crippen molar-refractivity contribution < 1.29 is 18.8 Å². The Balaban J connectivity index is 1.37. The normalized spacial score (nSPS) is 14.1. The van der Waals surface area contributed by atoms with Gasteiger partial charge >= 0.3 is 6.03 Å². The van der Waals surface area contributed by atoms with Crippen LogP contribution in [0, 0.1) is 13.8 Å². The third-order valence-corrected chi connectivity index (χ3v) is 4.33. The van der Waals surface area contributed by atoms with Gasteiger partial charge in [-0.15, -0.1) is 0 Å². The lowest BCUT2D eigenvalue weighted by Crippen LogP contribution is -2.53. The molecule has 8 nitrogen and oxygen atoms in total. The van der Waals surface area contributed by atoms with E-state index in [1.165, 1.54) is 0 Å². The number of carbonyl (C=O) groups is 2. The zero-order chi connectivity index (χ0) is 19.2. The van der Waals surface area contributed by atoms with Crippen LogP contribution in [-0.4, -0.2) is 66.2 Å². The van der Waals surface area contributed by atoms with Crippen molar-refractivity contribution >= 4 is 11.9 Å². The molecule has 0 spiro atoms. The van der Waals surface area contributed by atoms with Crippen molar-refractivity contribution in [2.45, 2.75) is 13.8 Å². The lowest BCUT2D eigenvalue weighted by atomic mass is 10.2. The molecule has 1 aliphatic rings. The second-order valence-electron chi connectivity index (χ2n) is 6.51. The van der Waals surface area contributed by atoms with E-state index in [1.807, 2.05) is 31.2 Å². The first-order valence-electron chi connectivity index (χ1n) is 8.98. The Morgan fingerprint density at radius 3 is 2.56 bits per heavy atom. The van der Waals surface area contributed by atoms with Crippen LogP contribution in [0.1, 0.15) is 21.8 Å². The van der Waals surface area contributed by atoms with E-state index in [4.69, 9.17) is 9.26 Å². The first kappa shape index (κ1) is 18.8. The molecule has 1 fully saturated rings. The number of aromatic nitrogens is 1. The van der Waals surface area contributed by atoms with Crippen LogP contribution < -0.4 is 10.1 Å². The fraction of sp³-hybridized carbons (Fsp3) is 0.421. The molecular weight excluding hydrogens is 348 g/mol. The number of ether oxygens (including phenoxy) is 1. The molecule has 2 heterocycles. The van der Waals surface area contributed by atoms with Crippen molar-refractivity contribution in [3.05, 3.63) is 47.3 Å². The van der Waals surface area contributed by atoms with Gasteiger partial charge in [0.2, 0.25) is 5.76 Å². The number of urea groups is 1. The van der Waals surface area contributed by atoms with E-state index in [2.05, 4.69) is 10.5 Å². The zero-order valence-electron chi connectivity index (χ0n) is 15.6. The molecule has 0 unspecified atom stereocenters. The molecule has 0 bridgehead atoms. The molecule has 0 atom stereocenters. The van der Waals surface area contributed by atoms with Crippen LogP contribution in [0.25, 0.3) is 0 Å². The number of rotatable bonds is 5. The molecule has 0 radical (unpaired) electrons. The fourth-order valence-corrected chi connectivity index (χ4v) is 2.88. The number of carbonyl (C=O) groups excluding carboxylic acids is 2. The first-order valence-corrected chi connectivity index (χ1v) is 8.98. The monoisotopic (exact) mass is 372 g/mol. The van der Waals surface area contributed by atoms with Gasteiger partial charge in [-0.3, -0.25) is 4.79 Å². The molecule has 8 heteroatoms. The predicted octanol–water partition coefficient (Wildman–Crippen LogP) is 1.84. The van der Waals surface area contributed by atoms with Gasteiger partial charge in [0.05, 0.1) is 12.2 Å². The van der Waals surface area contributed by atoms with Crippen molar-refractivity contribution in [2.24, 2.45) is 0 Å². The van der Waals surface area contributed by atoms with E-state index in [1.54, 1.807) is 22.8 Å². The van der Waals surface area contributed by atoms with Crippen LogP contribution in [0.2, 0.25) is 0 Å². The summed E-state index contributed by atoms with van der Waals surface area (Å²) in [6.45, 7) is 6.47. The predicted molar refractivity (Wildman–Crippen MR) is 98.8 cm³/mol. The molecular formula is C19H24N4O4. The highest BCUT2D eigenvalue weighted by Crippen LogP contribution is 2.12. The molecule has 3 rings (SSSR count). The number of hydrogen-bond acceptors (Lipinski definition) is 5. The molecule has 1 aromatic carbocycles. The maximum Gasteiger partial charge on any atom is 0.317 e. The summed E-state index contributed by atoms with van der Waals surface area (Å²) < 4.78 is 10.6. The first-order chi connectivity index (χ1) is 13.0. The van der Waals surface area contributed by atoms with Gasteiger partial charge in [0.15, 0.2) is 0 Å². The highest BCUT2D eigenvalue weighted by atomic mass is 16.5. The van der Waals surface area contributed by atoms with Gasteiger partial charge in [0, 0.05) is 32.2 Å². The quantitative estimate of drug-likeness (QED) is 0.809. The summed E-state index contributed by atoms with van der Waals surface area (Å²) in [5.74, 6) is 0.833. The molecule has 0 aliphatic carbocycles. The van der Waals surface area contributed by atoms with Crippen molar-refractivity contribution in [3.63, 3.8) is 0 Å². The number of hydrogen-bond donors (Lipinski definition) is 1. The summed E-state index contributed by atoms with van der Waals surface area (Å²) in [6, 6.07) is 9.25. The Kier molecular flexibility index (Phi) is 5.95. The van der Waals surface area contributed by atoms with E-state index in [0.717, 1.165) is 11.3 Å². The van der Waals surface area contributed by atoms with Gasteiger partial charge in [0.1, 0.15) is 12.4 Å². The molecule has 2 aromatic rings. The SMILES string of the molecule is Cc1cccc(OCCNC(=O)N2CCN(C(=O)c3cc(C)no3)CC2)c1. The summed E-state index contributed by atoms with van der Waals surface area (Å²) in [4.78, 5) is 27.9. The number of nitrogens with one attached hydrogen (secondary N) is 1. The topological polar surface area (TPSA) is 87.9 Å². The minimum Gasteiger partial charge on any atom is -0.492 e. The second-order valence-corrected chi connectivity index (χ2v) is 6.51. The molecule has 1 N–H and O–H groups in total. The van der Waals surface area contributed by atoms with E-state index in [0.29, 0.717) is 45.0 Å². The highest BCUT2D eigenvalue weighted by molar-refractivity contribution is 5.91. The molecule has 1 saturated heterocycles. The van der Waals surface area contributed by atoms with E-state index < -0.39 is 0 Å². The van der Waals surface area contributed by atoms with Gasteiger partial charge < -0.3 is 24.4 Å². The highest BCUT2D eigenvalue weighted by Gasteiger charge is 2.26. The van der Waals surface area contributed by atoms with Crippen LogP contribution in [0.3, 0.4) is 0 Å². The average molecular weight is 372 g/mol. The maximum atomic E-state index is 12.3. The lowest BCUT2D eigenvalue weighted by molar-refractivity contribution is 0.0624. The van der Waals surface area contributed by atoms with E-state index in [-0.39, 0.29) is 17.7 Å². The van der Waals surface area contributed by atoms with Gasteiger partial charge in [-0.2, -0.15) is 0 Å². The number of amides is 3. The second kappa shape index (κ2) is 8.57. The molecule has 0 saturated carbocycles. The van der Waals surface area contributed by atoms with Crippen LogP contribution in [0.15, 0.2) is 34.9 Å². The minimum absolute atomic E-state index is 0.148. The average Bonchev–Trinajstić information content (AvgIpc) is 3.11. The minimum atomic E-state index is -0.192. The van der Waals surface area contributed by atoms with Gasteiger partial charge in [-0.25, -0.2) is 4.79 Å². The third-order valence-electron chi connectivity index (χ3n) is 4.33. The smallest absolute Gasteiger partial charge is 0.317 e. The number of nitrogens with zero attached hydrogens (tertiary/aromatic N) is 3. The third kappa shape index (κ3) is 4.99. The Morgan fingerprint density at radius 2 is 1.89 bits per heavy atom. The van der Waals surface area contributed by atoms with Crippen molar-refractivity contribution in [2.75, 3.05) is 39.3 Å². The summed E-state index contributed by atoms with van der Waals surface area (Å²) in [5, 5.41) is 6.58. The molecule has 27 heavy (non-hydrogen) atoms. The van der Waals surface area contributed by atoms with Crippen molar-refractivity contribution in [3.8, 4) is 5.75 Å². The van der Waals surface area contributed by atoms with Crippen LogP contribution in [-0.2, 0) is 0 Å². The van der Waals surface area contributed by atoms with Gasteiger partial charge in [-0.1, -0.05) is 17.3 Å². The number of piperazine rings is 1. The van der Waals surface area contributed by atoms with Gasteiger partial charge in [-0.05, 0) is 31.5 Å². The molecule has 144 valence electrons. The standard InChI is InChI=1S/C19H24N4O4/c1-14-4-3-5-16(12-14)26-11-6-20-19(25)23-9-7-22(8-10-23)18(24)17-13-15(2)21-27-17/h3-5,12-13H,6-11H2,1-2H3,(H,20,25). The van der Waals surface area contributed by atoms with Crippen molar-refractivity contribution in [1.29, 1.82) is 0 Å². The van der Waals surface area contributed by atoms with E-state index >= 15 is 0 Å².